The molecule has 0 spiro atoms. The van der Waals surface area contributed by atoms with Gasteiger partial charge in [-0.1, -0.05) is 0 Å². The van der Waals surface area contributed by atoms with Crippen LogP contribution in [0.5, 0.6) is 0 Å². The van der Waals surface area contributed by atoms with Gasteiger partial charge in [0.25, 0.3) is 5.91 Å². The minimum atomic E-state index is -0.176. The van der Waals surface area contributed by atoms with E-state index in [1.54, 1.807) is 24.5 Å². The molecule has 0 saturated heterocycles. The molecule has 0 radical (unpaired) electrons. The SMILES string of the molecule is O=C(NCCCc1ncc[nH]1)c1ccco1. The second kappa shape index (κ2) is 5.16. The summed E-state index contributed by atoms with van der Waals surface area (Å²) in [6, 6.07) is 3.33. The zero-order chi connectivity index (χ0) is 11.2. The summed E-state index contributed by atoms with van der Waals surface area (Å²) in [5, 5.41) is 2.77. The largest absolute Gasteiger partial charge is 0.459 e. The van der Waals surface area contributed by atoms with E-state index < -0.39 is 0 Å². The molecule has 5 nitrogen and oxygen atoms in total. The third-order valence-electron chi connectivity index (χ3n) is 2.18. The van der Waals surface area contributed by atoms with Gasteiger partial charge in [-0.25, -0.2) is 4.98 Å². The first-order valence-electron chi connectivity index (χ1n) is 5.16. The molecule has 0 aliphatic rings. The van der Waals surface area contributed by atoms with Gasteiger partial charge >= 0.3 is 0 Å². The molecular weight excluding hydrogens is 206 g/mol. The fourth-order valence-corrected chi connectivity index (χ4v) is 1.39. The van der Waals surface area contributed by atoms with Crippen LogP contribution in [0.4, 0.5) is 0 Å². The van der Waals surface area contributed by atoms with Crippen LogP contribution in [0.25, 0.3) is 0 Å². The molecule has 2 N–H and O–H groups in total. The number of amides is 1. The quantitative estimate of drug-likeness (QED) is 0.746. The number of aryl methyl sites for hydroxylation is 1. The van der Waals surface area contributed by atoms with Gasteiger partial charge in [-0.05, 0) is 18.6 Å². The molecule has 16 heavy (non-hydrogen) atoms. The monoisotopic (exact) mass is 219 g/mol. The Bertz CT molecular complexity index is 420. The fraction of sp³-hybridized carbons (Fsp3) is 0.273. The number of nitrogens with one attached hydrogen (secondary N) is 2. The number of hydrogen-bond acceptors (Lipinski definition) is 3. The zero-order valence-electron chi connectivity index (χ0n) is 8.77. The van der Waals surface area contributed by atoms with Crippen LogP contribution in [0, 0.1) is 0 Å². The van der Waals surface area contributed by atoms with E-state index in [-0.39, 0.29) is 5.91 Å². The third kappa shape index (κ3) is 2.73. The van der Waals surface area contributed by atoms with Crippen molar-refractivity contribution in [3.63, 3.8) is 0 Å². The van der Waals surface area contributed by atoms with Gasteiger partial charge in [0.1, 0.15) is 5.82 Å². The molecule has 0 aliphatic carbocycles. The Morgan fingerprint density at radius 1 is 1.56 bits per heavy atom. The predicted molar refractivity (Wildman–Crippen MR) is 57.9 cm³/mol. The van der Waals surface area contributed by atoms with Crippen molar-refractivity contribution >= 4 is 5.91 Å². The number of rotatable bonds is 5. The highest BCUT2D eigenvalue weighted by atomic mass is 16.3. The predicted octanol–water partition coefficient (Wildman–Crippen LogP) is 1.37. The van der Waals surface area contributed by atoms with Crippen molar-refractivity contribution in [2.45, 2.75) is 12.8 Å². The van der Waals surface area contributed by atoms with E-state index in [0.29, 0.717) is 12.3 Å². The van der Waals surface area contributed by atoms with Crippen molar-refractivity contribution in [3.8, 4) is 0 Å². The fourth-order valence-electron chi connectivity index (χ4n) is 1.39. The average Bonchev–Trinajstić information content (AvgIpc) is 2.96. The van der Waals surface area contributed by atoms with Crippen LogP contribution < -0.4 is 5.32 Å². The molecule has 2 heterocycles. The van der Waals surface area contributed by atoms with Crippen molar-refractivity contribution in [2.75, 3.05) is 6.54 Å². The van der Waals surface area contributed by atoms with Gasteiger partial charge < -0.3 is 14.7 Å². The summed E-state index contributed by atoms with van der Waals surface area (Å²) in [4.78, 5) is 18.5. The van der Waals surface area contributed by atoms with E-state index in [1.807, 2.05) is 0 Å². The average molecular weight is 219 g/mol. The molecule has 2 aromatic rings. The van der Waals surface area contributed by atoms with E-state index in [2.05, 4.69) is 15.3 Å². The Labute approximate surface area is 92.9 Å². The van der Waals surface area contributed by atoms with E-state index >= 15 is 0 Å². The molecular formula is C11H13N3O2. The summed E-state index contributed by atoms with van der Waals surface area (Å²) >= 11 is 0. The molecule has 0 fully saturated rings. The number of furan rings is 1. The maximum absolute atomic E-state index is 11.4. The zero-order valence-corrected chi connectivity index (χ0v) is 8.77. The first kappa shape index (κ1) is 10.5. The lowest BCUT2D eigenvalue weighted by Gasteiger charge is -2.01. The molecule has 84 valence electrons. The van der Waals surface area contributed by atoms with Crippen molar-refractivity contribution in [2.24, 2.45) is 0 Å². The number of carbonyl (C=O) groups excluding carboxylic acids is 1. The van der Waals surface area contributed by atoms with Crippen molar-refractivity contribution in [3.05, 3.63) is 42.4 Å². The number of hydrogen-bond donors (Lipinski definition) is 2. The Hall–Kier alpha value is -2.04. The number of aromatic nitrogens is 2. The summed E-state index contributed by atoms with van der Waals surface area (Å²) in [6.07, 6.45) is 6.66. The highest BCUT2D eigenvalue weighted by Gasteiger charge is 2.06. The highest BCUT2D eigenvalue weighted by molar-refractivity contribution is 5.91. The van der Waals surface area contributed by atoms with Gasteiger partial charge in [-0.2, -0.15) is 0 Å². The maximum Gasteiger partial charge on any atom is 0.286 e. The molecule has 0 bridgehead atoms. The van der Waals surface area contributed by atoms with Crippen molar-refractivity contribution in [1.29, 1.82) is 0 Å². The lowest BCUT2D eigenvalue weighted by atomic mass is 10.3. The van der Waals surface area contributed by atoms with Gasteiger partial charge in [0.15, 0.2) is 5.76 Å². The van der Waals surface area contributed by atoms with Crippen LogP contribution in [0.2, 0.25) is 0 Å². The van der Waals surface area contributed by atoms with Crippen LogP contribution in [0.3, 0.4) is 0 Å². The summed E-state index contributed by atoms with van der Waals surface area (Å²) in [7, 11) is 0. The summed E-state index contributed by atoms with van der Waals surface area (Å²) in [5.74, 6) is 1.11. The Morgan fingerprint density at radius 2 is 2.50 bits per heavy atom. The van der Waals surface area contributed by atoms with Crippen LogP contribution in [0.15, 0.2) is 35.2 Å². The highest BCUT2D eigenvalue weighted by Crippen LogP contribution is 1.99. The van der Waals surface area contributed by atoms with Crippen LogP contribution in [-0.4, -0.2) is 22.4 Å². The van der Waals surface area contributed by atoms with Gasteiger partial charge in [-0.3, -0.25) is 4.79 Å². The standard InChI is InChI=1S/C11H13N3O2/c15-11(9-3-2-8-16-9)14-5-1-4-10-12-6-7-13-10/h2-3,6-8H,1,4-5H2,(H,12,13)(H,14,15). The van der Waals surface area contributed by atoms with Gasteiger partial charge in [0.2, 0.25) is 0 Å². The van der Waals surface area contributed by atoms with Crippen LogP contribution in [-0.2, 0) is 6.42 Å². The van der Waals surface area contributed by atoms with Crippen LogP contribution >= 0.6 is 0 Å². The lowest BCUT2D eigenvalue weighted by molar-refractivity contribution is 0.0925. The summed E-state index contributed by atoms with van der Waals surface area (Å²) in [5.41, 5.74) is 0. The Morgan fingerprint density at radius 3 is 3.19 bits per heavy atom. The van der Waals surface area contributed by atoms with Crippen molar-refractivity contribution < 1.29 is 9.21 Å². The van der Waals surface area contributed by atoms with E-state index in [1.165, 1.54) is 6.26 Å². The topological polar surface area (TPSA) is 70.9 Å². The first-order chi connectivity index (χ1) is 7.86. The van der Waals surface area contributed by atoms with E-state index in [9.17, 15) is 4.79 Å². The molecule has 5 heteroatoms. The minimum Gasteiger partial charge on any atom is -0.459 e. The maximum atomic E-state index is 11.4. The van der Waals surface area contributed by atoms with Crippen molar-refractivity contribution in [1.82, 2.24) is 15.3 Å². The molecule has 0 atom stereocenters. The summed E-state index contributed by atoms with van der Waals surface area (Å²) in [6.45, 7) is 0.611. The normalized spacial score (nSPS) is 10.2. The molecule has 0 aromatic carbocycles. The smallest absolute Gasteiger partial charge is 0.286 e. The van der Waals surface area contributed by atoms with Gasteiger partial charge in [0, 0.05) is 25.4 Å². The Balaban J connectivity index is 1.67. The van der Waals surface area contributed by atoms with E-state index in [4.69, 9.17) is 4.42 Å². The first-order valence-corrected chi connectivity index (χ1v) is 5.16. The minimum absolute atomic E-state index is 0.176. The molecule has 2 aromatic heterocycles. The van der Waals surface area contributed by atoms with Gasteiger partial charge in [0.05, 0.1) is 6.26 Å². The molecule has 0 saturated carbocycles. The Kier molecular flexibility index (Phi) is 3.38. The van der Waals surface area contributed by atoms with Gasteiger partial charge in [-0.15, -0.1) is 0 Å². The lowest BCUT2D eigenvalue weighted by Crippen LogP contribution is -2.24. The second-order valence-electron chi connectivity index (χ2n) is 3.37. The number of aromatic amines is 1. The molecule has 1 amide bonds. The summed E-state index contributed by atoms with van der Waals surface area (Å²) < 4.78 is 4.97. The number of imidazole rings is 1. The number of carbonyl (C=O) groups is 1. The third-order valence-corrected chi connectivity index (χ3v) is 2.18. The van der Waals surface area contributed by atoms with Crippen LogP contribution in [0.1, 0.15) is 22.8 Å². The second-order valence-corrected chi connectivity index (χ2v) is 3.37. The molecule has 0 unspecified atom stereocenters. The number of nitrogens with zero attached hydrogens (tertiary/aromatic N) is 1. The molecule has 0 aliphatic heterocycles. The molecule has 2 rings (SSSR count). The number of H-pyrrole nitrogens is 1. The van der Waals surface area contributed by atoms with E-state index in [0.717, 1.165) is 18.7 Å².